The molecule has 2 amide bonds. The molecule has 0 aliphatic rings. The average Bonchev–Trinajstić information content (AvgIpc) is 2.61. The molecule has 0 fully saturated rings. The molecule has 0 aliphatic carbocycles. The molecule has 142 valence electrons. The summed E-state index contributed by atoms with van der Waals surface area (Å²) in [7, 11) is 0. The summed E-state index contributed by atoms with van der Waals surface area (Å²) in [4.78, 5) is 35.8. The van der Waals surface area contributed by atoms with E-state index in [1.807, 2.05) is 39.2 Å². The molecular formula is C19H21N3O4S. The minimum absolute atomic E-state index is 0.0673. The van der Waals surface area contributed by atoms with Gasteiger partial charge in [-0.25, -0.2) is 0 Å². The zero-order valence-corrected chi connectivity index (χ0v) is 16.4. The highest BCUT2D eigenvalue weighted by Crippen LogP contribution is 2.25. The van der Waals surface area contributed by atoms with Crippen LogP contribution < -0.4 is 10.6 Å². The van der Waals surface area contributed by atoms with Crippen LogP contribution in [0.1, 0.15) is 27.0 Å². The molecule has 2 rings (SSSR count). The molecule has 2 N–H and O–H groups in total. The van der Waals surface area contributed by atoms with Crippen LogP contribution in [0.15, 0.2) is 35.2 Å². The van der Waals surface area contributed by atoms with Crippen LogP contribution in [-0.2, 0) is 4.79 Å². The van der Waals surface area contributed by atoms with Crippen molar-refractivity contribution in [1.82, 2.24) is 5.32 Å². The van der Waals surface area contributed by atoms with E-state index in [-0.39, 0.29) is 17.8 Å². The van der Waals surface area contributed by atoms with E-state index in [2.05, 4.69) is 10.6 Å². The lowest BCUT2D eigenvalue weighted by molar-refractivity contribution is -0.385. The summed E-state index contributed by atoms with van der Waals surface area (Å²) in [5.41, 5.74) is 3.29. The number of carbonyl (C=O) groups excluding carboxylic acids is 2. The number of aryl methyl sites for hydroxylation is 3. The number of nitrogens with zero attached hydrogens (tertiary/aromatic N) is 1. The van der Waals surface area contributed by atoms with E-state index in [1.165, 1.54) is 23.9 Å². The van der Waals surface area contributed by atoms with Gasteiger partial charge in [0.15, 0.2) is 0 Å². The zero-order valence-electron chi connectivity index (χ0n) is 15.6. The minimum Gasteiger partial charge on any atom is -0.343 e. The normalized spacial score (nSPS) is 10.4. The molecule has 7 nitrogen and oxygen atoms in total. The molecule has 0 bridgehead atoms. The summed E-state index contributed by atoms with van der Waals surface area (Å²) in [5, 5.41) is 16.4. The lowest BCUT2D eigenvalue weighted by atomic mass is 10.1. The third-order valence-corrected chi connectivity index (χ3v) is 4.72. The fraction of sp³-hybridized carbons (Fsp3) is 0.263. The van der Waals surface area contributed by atoms with Crippen LogP contribution in [0.3, 0.4) is 0 Å². The molecule has 0 saturated heterocycles. The predicted octanol–water partition coefficient (Wildman–Crippen LogP) is 3.61. The highest BCUT2D eigenvalue weighted by Gasteiger charge is 2.21. The van der Waals surface area contributed by atoms with Crippen molar-refractivity contribution in [2.45, 2.75) is 25.7 Å². The zero-order chi connectivity index (χ0) is 20.1. The van der Waals surface area contributed by atoms with Gasteiger partial charge in [-0.2, -0.15) is 0 Å². The molecule has 27 heavy (non-hydrogen) atoms. The summed E-state index contributed by atoms with van der Waals surface area (Å²) in [5.74, 6) is -1.06. The van der Waals surface area contributed by atoms with Crippen LogP contribution in [0.5, 0.6) is 0 Å². The summed E-state index contributed by atoms with van der Waals surface area (Å²) < 4.78 is 0. The quantitative estimate of drug-likeness (QED) is 0.448. The number of nitro groups is 1. The molecule has 0 aromatic heterocycles. The maximum absolute atomic E-state index is 12.4. The van der Waals surface area contributed by atoms with Gasteiger partial charge >= 0.3 is 0 Å². The Hall–Kier alpha value is -2.87. The first-order valence-electron chi connectivity index (χ1n) is 8.21. The second-order valence-electron chi connectivity index (χ2n) is 6.14. The second-order valence-corrected chi connectivity index (χ2v) is 7.02. The van der Waals surface area contributed by atoms with E-state index in [4.69, 9.17) is 0 Å². The molecular weight excluding hydrogens is 366 g/mol. The smallest absolute Gasteiger partial charge is 0.282 e. The van der Waals surface area contributed by atoms with Crippen LogP contribution in [0, 0.1) is 30.9 Å². The SMILES string of the molecule is CSc1ccc([N+](=O)[O-])c(C(=O)NCC(=O)Nc2c(C)cc(C)cc2C)c1. The van der Waals surface area contributed by atoms with Gasteiger partial charge in [-0.05, 0) is 50.3 Å². The summed E-state index contributed by atoms with van der Waals surface area (Å²) in [6.45, 7) is 5.48. The Labute approximate surface area is 161 Å². The van der Waals surface area contributed by atoms with Gasteiger partial charge in [-0.15, -0.1) is 11.8 Å². The molecule has 0 atom stereocenters. The maximum Gasteiger partial charge on any atom is 0.282 e. The number of hydrogen-bond acceptors (Lipinski definition) is 5. The van der Waals surface area contributed by atoms with Crippen molar-refractivity contribution in [3.63, 3.8) is 0 Å². The number of nitro benzene ring substituents is 1. The Morgan fingerprint density at radius 3 is 2.30 bits per heavy atom. The number of hydrogen-bond donors (Lipinski definition) is 2. The monoisotopic (exact) mass is 387 g/mol. The van der Waals surface area contributed by atoms with Gasteiger partial charge in [0.05, 0.1) is 11.5 Å². The van der Waals surface area contributed by atoms with Gasteiger partial charge in [-0.3, -0.25) is 19.7 Å². The van der Waals surface area contributed by atoms with Crippen LogP contribution in [0.25, 0.3) is 0 Å². The standard InChI is InChI=1S/C19H21N3O4S/c1-11-7-12(2)18(13(3)8-11)21-17(23)10-20-19(24)15-9-14(27-4)5-6-16(15)22(25)26/h5-9H,10H2,1-4H3,(H,20,24)(H,21,23). The summed E-state index contributed by atoms with van der Waals surface area (Å²) >= 11 is 1.37. The second kappa shape index (κ2) is 8.68. The number of thioether (sulfide) groups is 1. The van der Waals surface area contributed by atoms with E-state index >= 15 is 0 Å². The number of anilines is 1. The van der Waals surface area contributed by atoms with Crippen molar-refractivity contribution in [3.05, 3.63) is 62.7 Å². The van der Waals surface area contributed by atoms with Crippen molar-refractivity contribution >= 4 is 35.0 Å². The van der Waals surface area contributed by atoms with E-state index < -0.39 is 16.7 Å². The van der Waals surface area contributed by atoms with Crippen LogP contribution >= 0.6 is 11.8 Å². The van der Waals surface area contributed by atoms with Crippen molar-refractivity contribution in [1.29, 1.82) is 0 Å². The van der Waals surface area contributed by atoms with Crippen LogP contribution in [0.2, 0.25) is 0 Å². The van der Waals surface area contributed by atoms with E-state index in [0.29, 0.717) is 5.69 Å². The fourth-order valence-electron chi connectivity index (χ4n) is 2.80. The minimum atomic E-state index is -0.662. The molecule has 2 aromatic carbocycles. The van der Waals surface area contributed by atoms with Gasteiger partial charge < -0.3 is 10.6 Å². The van der Waals surface area contributed by atoms with Crippen molar-refractivity contribution in [3.8, 4) is 0 Å². The Kier molecular flexibility index (Phi) is 6.57. The molecule has 0 radical (unpaired) electrons. The van der Waals surface area contributed by atoms with Gasteiger partial charge in [0.25, 0.3) is 11.6 Å². The Bertz CT molecular complexity index is 889. The summed E-state index contributed by atoms with van der Waals surface area (Å²) in [6.07, 6.45) is 1.81. The molecule has 0 heterocycles. The van der Waals surface area contributed by atoms with Gasteiger partial charge in [0, 0.05) is 16.6 Å². The highest BCUT2D eigenvalue weighted by atomic mass is 32.2. The van der Waals surface area contributed by atoms with Crippen molar-refractivity contribution in [2.24, 2.45) is 0 Å². The number of carbonyl (C=O) groups is 2. The maximum atomic E-state index is 12.4. The highest BCUT2D eigenvalue weighted by molar-refractivity contribution is 7.98. The first-order chi connectivity index (χ1) is 12.7. The number of benzene rings is 2. The Balaban J connectivity index is 2.10. The summed E-state index contributed by atoms with van der Waals surface area (Å²) in [6, 6.07) is 8.23. The molecule has 2 aromatic rings. The third kappa shape index (κ3) is 5.07. The fourth-order valence-corrected chi connectivity index (χ4v) is 3.24. The third-order valence-electron chi connectivity index (χ3n) is 4.00. The van der Waals surface area contributed by atoms with Crippen LogP contribution in [0.4, 0.5) is 11.4 Å². The van der Waals surface area contributed by atoms with Gasteiger partial charge in [0.2, 0.25) is 5.91 Å². The largest absolute Gasteiger partial charge is 0.343 e. The van der Waals surface area contributed by atoms with Crippen LogP contribution in [-0.4, -0.2) is 29.5 Å². The van der Waals surface area contributed by atoms with E-state index in [9.17, 15) is 19.7 Å². The molecule has 0 spiro atoms. The predicted molar refractivity (Wildman–Crippen MR) is 106 cm³/mol. The van der Waals surface area contributed by atoms with E-state index in [0.717, 1.165) is 21.6 Å². The average molecular weight is 387 g/mol. The molecule has 8 heteroatoms. The lowest BCUT2D eigenvalue weighted by Gasteiger charge is -2.13. The Morgan fingerprint density at radius 2 is 1.74 bits per heavy atom. The topological polar surface area (TPSA) is 101 Å². The van der Waals surface area contributed by atoms with Gasteiger partial charge in [0.1, 0.15) is 5.56 Å². The number of nitrogens with one attached hydrogen (secondary N) is 2. The molecule has 0 aliphatic heterocycles. The number of amides is 2. The van der Waals surface area contributed by atoms with Gasteiger partial charge in [-0.1, -0.05) is 17.7 Å². The van der Waals surface area contributed by atoms with Crippen molar-refractivity contribution in [2.75, 3.05) is 18.1 Å². The van der Waals surface area contributed by atoms with E-state index in [1.54, 1.807) is 6.07 Å². The first-order valence-corrected chi connectivity index (χ1v) is 9.43. The van der Waals surface area contributed by atoms with Crippen molar-refractivity contribution < 1.29 is 14.5 Å². The first kappa shape index (κ1) is 20.4. The molecule has 0 unspecified atom stereocenters. The molecule has 0 saturated carbocycles. The number of rotatable bonds is 6. The Morgan fingerprint density at radius 1 is 1.11 bits per heavy atom. The lowest BCUT2D eigenvalue weighted by Crippen LogP contribution is -2.33.